The molecule has 2 aliphatic heterocycles. The van der Waals surface area contributed by atoms with E-state index in [4.69, 9.17) is 18.9 Å². The Hall–Kier alpha value is 0.167. The van der Waals surface area contributed by atoms with Gasteiger partial charge in [0.05, 0.1) is 19.3 Å². The van der Waals surface area contributed by atoms with Gasteiger partial charge in [0.15, 0.2) is 10.9 Å². The lowest BCUT2D eigenvalue weighted by Crippen LogP contribution is -2.31. The Bertz CT molecular complexity index is 501. The minimum Gasteiger partial charge on any atom is -0.356 e. The molecule has 2 aliphatic rings. The third-order valence-corrected chi connectivity index (χ3v) is 8.07. The van der Waals surface area contributed by atoms with E-state index < -0.39 is 13.9 Å². The molecule has 1 atom stereocenters. The van der Waals surface area contributed by atoms with Gasteiger partial charge >= 0.3 is 0 Å². The summed E-state index contributed by atoms with van der Waals surface area (Å²) in [4.78, 5) is 12.5. The van der Waals surface area contributed by atoms with Crippen LogP contribution in [-0.4, -0.2) is 63.2 Å². The quantitative estimate of drug-likeness (QED) is 0.269. The van der Waals surface area contributed by atoms with E-state index in [9.17, 15) is 4.79 Å². The largest absolute Gasteiger partial charge is 0.356 e. The van der Waals surface area contributed by atoms with E-state index >= 15 is 0 Å². The Morgan fingerprint density at radius 2 is 2.11 bits per heavy atom. The molecule has 2 rings (SSSR count). The maximum Gasteiger partial charge on any atom is 0.189 e. The van der Waals surface area contributed by atoms with Crippen LogP contribution < -0.4 is 0 Å². The van der Waals surface area contributed by atoms with Crippen LogP contribution in [0.3, 0.4) is 0 Å². The molecule has 0 aromatic carbocycles. The van der Waals surface area contributed by atoms with Crippen LogP contribution in [0.4, 0.5) is 0 Å². The third kappa shape index (κ3) is 9.47. The average molecular weight is 435 g/mol. The fraction of sp³-hybridized carbons (Fsp3) is 0.842. The second kappa shape index (κ2) is 11.4. The summed E-state index contributed by atoms with van der Waals surface area (Å²) < 4.78 is 23.4. The summed E-state index contributed by atoms with van der Waals surface area (Å²) >= 11 is 3.21. The van der Waals surface area contributed by atoms with Gasteiger partial charge in [0, 0.05) is 46.0 Å². The smallest absolute Gasteiger partial charge is 0.189 e. The Kier molecular flexibility index (Phi) is 9.88. The summed E-state index contributed by atoms with van der Waals surface area (Å²) in [5.41, 5.74) is 0. The first kappa shape index (κ1) is 23.4. The van der Waals surface area contributed by atoms with Crippen LogP contribution in [0, 0.1) is 0 Å². The molecule has 0 aromatic heterocycles. The predicted molar refractivity (Wildman–Crippen MR) is 116 cm³/mol. The van der Waals surface area contributed by atoms with Crippen LogP contribution in [0.1, 0.15) is 26.2 Å². The van der Waals surface area contributed by atoms with E-state index in [-0.39, 0.29) is 11.2 Å². The van der Waals surface area contributed by atoms with Crippen LogP contribution in [0.5, 0.6) is 0 Å². The molecule has 0 N–H and O–H groups in total. The van der Waals surface area contributed by atoms with E-state index in [0.717, 1.165) is 43.4 Å². The number of rotatable bonds is 11. The first-order chi connectivity index (χ1) is 12.8. The highest BCUT2D eigenvalue weighted by Gasteiger charge is 2.37. The van der Waals surface area contributed by atoms with Gasteiger partial charge in [-0.05, 0) is 23.4 Å². The number of ether oxygens (including phenoxy) is 4. The Balaban J connectivity index is 1.83. The molecule has 0 aliphatic carbocycles. The molecule has 0 aromatic rings. The second-order valence-electron chi connectivity index (χ2n) is 8.18. The SMILES string of the molecule is CC(=O)SCCC(CC1=CC2(CCS1)OCCO2)OCOCC[Si](C)(C)C. The summed E-state index contributed by atoms with van der Waals surface area (Å²) in [6.07, 6.45) is 4.71. The van der Waals surface area contributed by atoms with Crippen molar-refractivity contribution in [2.75, 3.05) is 38.1 Å². The van der Waals surface area contributed by atoms with Crippen LogP contribution >= 0.6 is 23.5 Å². The zero-order valence-corrected chi connectivity index (χ0v) is 19.7. The molecule has 2 heterocycles. The van der Waals surface area contributed by atoms with Crippen LogP contribution in [0.2, 0.25) is 25.7 Å². The van der Waals surface area contributed by atoms with Crippen LogP contribution in [0.25, 0.3) is 0 Å². The van der Waals surface area contributed by atoms with E-state index in [0.29, 0.717) is 20.0 Å². The molecular weight excluding hydrogens is 400 g/mol. The maximum absolute atomic E-state index is 11.2. The molecule has 1 fully saturated rings. The zero-order valence-electron chi connectivity index (χ0n) is 17.1. The number of carbonyl (C=O) groups excluding carboxylic acids is 1. The van der Waals surface area contributed by atoms with Gasteiger partial charge in [-0.3, -0.25) is 4.79 Å². The predicted octanol–water partition coefficient (Wildman–Crippen LogP) is 4.51. The summed E-state index contributed by atoms with van der Waals surface area (Å²) in [7, 11) is -1.08. The molecule has 5 nitrogen and oxygen atoms in total. The second-order valence-corrected chi connectivity index (χ2v) is 16.3. The van der Waals surface area contributed by atoms with E-state index in [1.807, 2.05) is 11.8 Å². The standard InChI is InChI=1S/C19H34O5S2Si/c1-16(20)25-10-5-17(22-15-21-9-12-27(2,3)4)13-18-14-19(6-11-26-18)23-7-8-24-19/h14,17H,5-13,15H2,1-4H3. The molecule has 0 amide bonds. The summed E-state index contributed by atoms with van der Waals surface area (Å²) in [6.45, 7) is 11.0. The summed E-state index contributed by atoms with van der Waals surface area (Å²) in [5.74, 6) is 1.24. The topological polar surface area (TPSA) is 54.0 Å². The van der Waals surface area contributed by atoms with Gasteiger partial charge in [-0.15, -0.1) is 11.8 Å². The van der Waals surface area contributed by atoms with E-state index in [1.54, 1.807) is 6.92 Å². The van der Waals surface area contributed by atoms with Crippen LogP contribution in [-0.2, 0) is 23.7 Å². The minimum atomic E-state index is -1.08. The molecule has 156 valence electrons. The van der Waals surface area contributed by atoms with Crippen molar-refractivity contribution in [2.45, 2.75) is 63.8 Å². The van der Waals surface area contributed by atoms with Gasteiger partial charge in [-0.1, -0.05) is 31.4 Å². The fourth-order valence-corrected chi connectivity index (χ4v) is 5.52. The van der Waals surface area contributed by atoms with Gasteiger partial charge in [0.2, 0.25) is 0 Å². The number of carbonyl (C=O) groups is 1. The number of thioether (sulfide) groups is 2. The van der Waals surface area contributed by atoms with Crippen molar-refractivity contribution >= 4 is 36.7 Å². The number of hydrogen-bond donors (Lipinski definition) is 0. The van der Waals surface area contributed by atoms with Gasteiger partial charge in [-0.2, -0.15) is 0 Å². The molecule has 0 bridgehead atoms. The Morgan fingerprint density at radius 1 is 1.37 bits per heavy atom. The lowest BCUT2D eigenvalue weighted by atomic mass is 10.1. The fourth-order valence-electron chi connectivity index (χ4n) is 2.88. The van der Waals surface area contributed by atoms with E-state index in [2.05, 4.69) is 25.7 Å². The molecule has 27 heavy (non-hydrogen) atoms. The van der Waals surface area contributed by atoms with Gasteiger partial charge in [-0.25, -0.2) is 0 Å². The van der Waals surface area contributed by atoms with Crippen molar-refractivity contribution in [2.24, 2.45) is 0 Å². The molecule has 1 spiro atoms. The summed E-state index contributed by atoms with van der Waals surface area (Å²) in [5, 5.41) is 0.151. The molecule has 1 unspecified atom stereocenters. The normalized spacial score (nSPS) is 20.7. The highest BCUT2D eigenvalue weighted by Crippen LogP contribution is 2.38. The first-order valence-corrected chi connectivity index (χ1v) is 15.4. The van der Waals surface area contributed by atoms with Gasteiger partial charge in [0.25, 0.3) is 0 Å². The van der Waals surface area contributed by atoms with Gasteiger partial charge < -0.3 is 18.9 Å². The lowest BCUT2D eigenvalue weighted by Gasteiger charge is -2.30. The zero-order chi connectivity index (χ0) is 19.8. The van der Waals surface area contributed by atoms with Crippen molar-refractivity contribution in [1.29, 1.82) is 0 Å². The highest BCUT2D eigenvalue weighted by atomic mass is 32.2. The van der Waals surface area contributed by atoms with Crippen molar-refractivity contribution in [3.8, 4) is 0 Å². The molecule has 8 heteroatoms. The summed E-state index contributed by atoms with van der Waals surface area (Å²) in [6, 6.07) is 1.14. The highest BCUT2D eigenvalue weighted by molar-refractivity contribution is 8.13. The molecule has 0 radical (unpaired) electrons. The van der Waals surface area contributed by atoms with Crippen molar-refractivity contribution < 1.29 is 23.7 Å². The minimum absolute atomic E-state index is 0.0408. The molecule has 0 saturated carbocycles. The monoisotopic (exact) mass is 434 g/mol. The number of hydrogen-bond acceptors (Lipinski definition) is 7. The average Bonchev–Trinajstić information content (AvgIpc) is 3.00. The first-order valence-electron chi connectivity index (χ1n) is 9.73. The Morgan fingerprint density at radius 3 is 2.78 bits per heavy atom. The molecule has 1 saturated heterocycles. The van der Waals surface area contributed by atoms with Crippen molar-refractivity contribution in [3.05, 3.63) is 11.0 Å². The third-order valence-electron chi connectivity index (χ3n) is 4.45. The molecular formula is C19H34O5S2Si. The van der Waals surface area contributed by atoms with E-state index in [1.165, 1.54) is 16.7 Å². The Labute approximate surface area is 173 Å². The van der Waals surface area contributed by atoms with Gasteiger partial charge in [0.1, 0.15) is 6.79 Å². The van der Waals surface area contributed by atoms with Crippen LogP contribution in [0.15, 0.2) is 11.0 Å². The lowest BCUT2D eigenvalue weighted by molar-refractivity contribution is -0.118. The van der Waals surface area contributed by atoms with Crippen molar-refractivity contribution in [1.82, 2.24) is 0 Å². The maximum atomic E-state index is 11.2. The van der Waals surface area contributed by atoms with Crippen molar-refractivity contribution in [3.63, 3.8) is 0 Å².